The molecule has 6 amide bonds. The van der Waals surface area contributed by atoms with Gasteiger partial charge in [-0.3, -0.25) is 71.3 Å². The van der Waals surface area contributed by atoms with Gasteiger partial charge in [-0.05, 0) is 171 Å². The van der Waals surface area contributed by atoms with Crippen LogP contribution >= 0.6 is 7.60 Å². The quantitative estimate of drug-likeness (QED) is 0.00713. The zero-order valence-electron chi connectivity index (χ0n) is 60.6. The van der Waals surface area contributed by atoms with Crippen molar-refractivity contribution in [1.82, 2.24) is 25.1 Å². The lowest BCUT2D eigenvalue weighted by atomic mass is 9.98. The highest BCUT2D eigenvalue weighted by Crippen LogP contribution is 2.67. The monoisotopic (exact) mass is 1450 g/mol. The van der Waals surface area contributed by atoms with E-state index in [-0.39, 0.29) is 50.3 Å². The number of halogens is 2. The zero-order chi connectivity index (χ0) is 74.8. The minimum Gasteiger partial charge on any atom is -0.438 e. The van der Waals surface area contributed by atoms with Gasteiger partial charge >= 0.3 is 30.9 Å². The lowest BCUT2D eigenvalue weighted by Crippen LogP contribution is -2.56. The average Bonchev–Trinajstić information content (AvgIpc) is 1.71. The first-order valence-corrected chi connectivity index (χ1v) is 37.0. The number of allylic oxidation sites excluding steroid dienone is 1. The Labute approximate surface area is 600 Å². The summed E-state index contributed by atoms with van der Waals surface area (Å²) in [5.74, 6) is -4.68. The standard InChI is InChI=1S/C76H100F2N7O17P/c1-49(54-28-31-57(32-29-54)76(77,78)103(95,101-47-99-71(92)74(3,4)5)102-48-100-72(93)75(6,7)8)43-66(88)80-59-33-30-55-21-16-22-56-45-63(85(67(55)56)70(59)91)69(90)81-58(34-37-64(79)86)50(2)98-46-53-25-23-51(24-26-53)19-17-41-96-39-14-12-10-11-13-15-40-97-42-18-20-52-27-35-60-62(44-52)83(9)73(94)84(60)61-36-38-65(87)82-68(61)89/h16,21-29,31-32,35,43-44,50,58-59,61,63H,10-15,17-20,30,33-34,36-42,45-48H2,1-9H3,(H2,79,86)(H,80,88)(H,81,90)(H,82,87,89)/b49-43+/t50-,58+,59+,61?,63+/m1/s1. The highest BCUT2D eigenvalue weighted by atomic mass is 31.2. The third kappa shape index (κ3) is 21.7. The molecule has 4 heterocycles. The molecule has 0 saturated carbocycles. The van der Waals surface area contributed by atoms with Crippen LogP contribution in [-0.4, -0.2) is 121 Å². The molecule has 5 atom stereocenters. The fourth-order valence-electron chi connectivity index (χ4n) is 12.5. The van der Waals surface area contributed by atoms with Gasteiger partial charge < -0.3 is 40.1 Å². The Morgan fingerprint density at radius 1 is 0.718 bits per heavy atom. The maximum absolute atomic E-state index is 16.3. The number of benzene rings is 4. The molecule has 5 aromatic rings. The van der Waals surface area contributed by atoms with Gasteiger partial charge in [0.1, 0.15) is 18.1 Å². The number of carbonyl (C=O) groups excluding carboxylic acids is 8. The Morgan fingerprint density at radius 3 is 1.89 bits per heavy atom. The summed E-state index contributed by atoms with van der Waals surface area (Å²) in [6, 6.07) is 20.4. The summed E-state index contributed by atoms with van der Waals surface area (Å²) in [5.41, 5.74) is 5.37. The molecule has 4 aromatic carbocycles. The number of para-hydroxylation sites is 1. The van der Waals surface area contributed by atoms with Crippen molar-refractivity contribution in [2.45, 2.75) is 207 Å². The topological polar surface area (TPSA) is 311 Å². The third-order valence-electron chi connectivity index (χ3n) is 18.6. The molecule has 8 rings (SSSR count). The number of piperidine rings is 1. The van der Waals surface area contributed by atoms with Crippen LogP contribution in [-0.2, 0) is 121 Å². The molecule has 0 spiro atoms. The fourth-order valence-corrected chi connectivity index (χ4v) is 13.8. The predicted molar refractivity (Wildman–Crippen MR) is 382 cm³/mol. The number of esters is 2. The molecule has 0 radical (unpaired) electrons. The number of hydrogen-bond acceptors (Lipinski definition) is 17. The number of alkyl halides is 2. The number of rotatable bonds is 38. The van der Waals surface area contributed by atoms with E-state index >= 15 is 8.78 Å². The number of carbonyl (C=O) groups is 8. The molecule has 5 N–H and O–H groups in total. The van der Waals surface area contributed by atoms with Crippen LogP contribution in [0.4, 0.5) is 14.5 Å². The summed E-state index contributed by atoms with van der Waals surface area (Å²) in [7, 11) is -3.90. The Bertz CT molecular complexity index is 3940. The van der Waals surface area contributed by atoms with Crippen molar-refractivity contribution in [2.24, 2.45) is 23.6 Å². The van der Waals surface area contributed by atoms with E-state index in [0.29, 0.717) is 61.6 Å². The number of hydrogen-bond donors (Lipinski definition) is 4. The average molecular weight is 1450 g/mol. The molecular weight excluding hydrogens is 1350 g/mol. The number of nitrogens with one attached hydrogen (secondary N) is 3. The maximum Gasteiger partial charge on any atom is 0.410 e. The summed E-state index contributed by atoms with van der Waals surface area (Å²) in [6.07, 6.45) is 11.8. The molecule has 3 aliphatic heterocycles. The molecular formula is C76H100F2N7O17P. The summed E-state index contributed by atoms with van der Waals surface area (Å²) < 4.78 is 87.5. The van der Waals surface area contributed by atoms with E-state index < -0.39 is 115 Å². The normalized spacial score (nSPS) is 17.2. The number of amides is 6. The Morgan fingerprint density at radius 2 is 1.29 bits per heavy atom. The second-order valence-electron chi connectivity index (χ2n) is 28.8. The van der Waals surface area contributed by atoms with E-state index in [0.717, 1.165) is 110 Å². The van der Waals surface area contributed by atoms with Gasteiger partial charge in [-0.1, -0.05) is 98.5 Å². The molecule has 3 aliphatic rings. The smallest absolute Gasteiger partial charge is 0.410 e. The number of nitrogens with two attached hydrogens (primary N) is 1. The van der Waals surface area contributed by atoms with Gasteiger partial charge in [0.2, 0.25) is 49.0 Å². The van der Waals surface area contributed by atoms with E-state index in [2.05, 4.69) is 28.1 Å². The van der Waals surface area contributed by atoms with E-state index in [1.165, 1.54) is 69.2 Å². The van der Waals surface area contributed by atoms with Crippen LogP contribution in [0.15, 0.2) is 95.8 Å². The van der Waals surface area contributed by atoms with Gasteiger partial charge in [-0.25, -0.2) is 4.79 Å². The van der Waals surface area contributed by atoms with Crippen molar-refractivity contribution in [3.63, 3.8) is 0 Å². The van der Waals surface area contributed by atoms with Gasteiger partial charge in [0, 0.05) is 64.4 Å². The number of imidazole rings is 1. The first-order chi connectivity index (χ1) is 48.9. The third-order valence-corrected chi connectivity index (χ3v) is 20.4. The van der Waals surface area contributed by atoms with Crippen LogP contribution in [0.3, 0.4) is 0 Å². The second-order valence-corrected chi connectivity index (χ2v) is 30.8. The largest absolute Gasteiger partial charge is 0.438 e. The van der Waals surface area contributed by atoms with Crippen molar-refractivity contribution in [3.05, 3.63) is 140 Å². The molecule has 1 fully saturated rings. The van der Waals surface area contributed by atoms with Gasteiger partial charge in [-0.2, -0.15) is 8.78 Å². The first kappa shape index (κ1) is 80.4. The molecule has 1 saturated heterocycles. The van der Waals surface area contributed by atoms with Crippen LogP contribution < -0.4 is 32.3 Å². The lowest BCUT2D eigenvalue weighted by Gasteiger charge is -2.31. The Hall–Kier alpha value is -8.26. The SMILES string of the molecule is C/C(=C\C(=O)N[C@H]1CCc2cccc3c2N(C1=O)[C@H](C(=O)N[C@@H](CCC(N)=O)[C@@H](C)OCc1ccc(CCCOCCCCCCCCOCCCc2ccc4c(c2)n(C)c(=O)n4C2CCC(=O)NC2=O)cc1)C3)c1ccc(C(F)(F)P(=O)(OCOC(=O)C(C)(C)C)OCOC(=O)C(C)(C)C)cc1. The highest BCUT2D eigenvalue weighted by Gasteiger charge is 2.56. The number of imide groups is 1. The van der Waals surface area contributed by atoms with Gasteiger partial charge in [0.15, 0.2) is 0 Å². The van der Waals surface area contributed by atoms with Crippen molar-refractivity contribution in [2.75, 3.05) is 44.9 Å². The van der Waals surface area contributed by atoms with Crippen LogP contribution in [0.2, 0.25) is 0 Å². The molecule has 560 valence electrons. The summed E-state index contributed by atoms with van der Waals surface area (Å²) >= 11 is 0. The second kappa shape index (κ2) is 36.4. The zero-order valence-corrected chi connectivity index (χ0v) is 61.5. The summed E-state index contributed by atoms with van der Waals surface area (Å²) in [4.78, 5) is 119. The van der Waals surface area contributed by atoms with Gasteiger partial charge in [0.05, 0.1) is 46.3 Å². The van der Waals surface area contributed by atoms with Crippen molar-refractivity contribution in [3.8, 4) is 0 Å². The lowest BCUT2D eigenvalue weighted by molar-refractivity contribution is -0.163. The number of ether oxygens (including phenoxy) is 5. The number of nitrogens with zero attached hydrogens (tertiary/aromatic N) is 3. The number of unbranched alkanes of at least 4 members (excludes halogenated alkanes) is 5. The summed E-state index contributed by atoms with van der Waals surface area (Å²) in [5, 5.41) is 8.22. The number of aromatic nitrogens is 2. The van der Waals surface area contributed by atoms with E-state index in [1.807, 2.05) is 48.5 Å². The van der Waals surface area contributed by atoms with Gasteiger partial charge in [0.25, 0.3) is 0 Å². The number of primary amides is 1. The number of aryl methyl sites for hydroxylation is 4. The number of fused-ring (bicyclic) bond motifs is 1. The molecule has 1 aromatic heterocycles. The molecule has 1 unspecified atom stereocenters. The minimum absolute atomic E-state index is 0.0430. The van der Waals surface area contributed by atoms with Crippen LogP contribution in [0, 0.1) is 10.8 Å². The Kier molecular flexibility index (Phi) is 28.5. The van der Waals surface area contributed by atoms with E-state index in [1.54, 1.807) is 25.5 Å². The van der Waals surface area contributed by atoms with E-state index in [9.17, 15) is 47.7 Å². The van der Waals surface area contributed by atoms with Crippen molar-refractivity contribution in [1.29, 1.82) is 0 Å². The first-order valence-electron chi connectivity index (χ1n) is 35.5. The van der Waals surface area contributed by atoms with E-state index in [4.69, 9.17) is 38.5 Å². The maximum atomic E-state index is 16.3. The van der Waals surface area contributed by atoms with Crippen LogP contribution in [0.25, 0.3) is 16.6 Å². The number of anilines is 1. The van der Waals surface area contributed by atoms with Gasteiger partial charge in [-0.15, -0.1) is 0 Å². The van der Waals surface area contributed by atoms with Crippen LogP contribution in [0.5, 0.6) is 0 Å². The fraction of sp³-hybridized carbons (Fsp3) is 0.539. The molecule has 24 nitrogen and oxygen atoms in total. The van der Waals surface area contributed by atoms with Crippen molar-refractivity contribution < 1.29 is 84.4 Å². The Balaban J connectivity index is 0.739. The predicted octanol–water partition coefficient (Wildman–Crippen LogP) is 10.8. The molecule has 0 bridgehead atoms. The molecule has 103 heavy (non-hydrogen) atoms. The van der Waals surface area contributed by atoms with Crippen molar-refractivity contribution >= 4 is 77.3 Å². The molecule has 0 aliphatic carbocycles. The summed E-state index contributed by atoms with van der Waals surface area (Å²) in [6.45, 7) is 13.1. The minimum atomic E-state index is -5.60. The highest BCUT2D eigenvalue weighted by molar-refractivity contribution is 7.54. The molecule has 27 heteroatoms. The van der Waals surface area contributed by atoms with Crippen LogP contribution in [0.1, 0.15) is 184 Å².